The second kappa shape index (κ2) is 2.90. The third-order valence-electron chi connectivity index (χ3n) is 1.93. The van der Waals surface area contributed by atoms with Gasteiger partial charge in [0, 0.05) is 0 Å². The first kappa shape index (κ1) is 7.79. The van der Waals surface area contributed by atoms with E-state index in [1.165, 1.54) is 0 Å². The van der Waals surface area contributed by atoms with Gasteiger partial charge in [-0.3, -0.25) is 0 Å². The van der Waals surface area contributed by atoms with Gasteiger partial charge in [0.25, 0.3) is 0 Å². The molecule has 1 aromatic heterocycles. The summed E-state index contributed by atoms with van der Waals surface area (Å²) in [6, 6.07) is 7.82. The van der Waals surface area contributed by atoms with Crippen LogP contribution in [-0.2, 0) is 0 Å². The molecule has 2 rings (SSSR count). The van der Waals surface area contributed by atoms with Gasteiger partial charge in [-0.05, 0) is 19.1 Å². The van der Waals surface area contributed by atoms with E-state index in [9.17, 15) is 0 Å². The molecule has 0 saturated carbocycles. The first-order valence-electron chi connectivity index (χ1n) is 4.01. The van der Waals surface area contributed by atoms with Crippen molar-refractivity contribution in [3.05, 3.63) is 30.1 Å². The minimum Gasteiger partial charge on any atom is -0.337 e. The summed E-state index contributed by atoms with van der Waals surface area (Å²) in [4.78, 5) is 7.44. The normalized spacial score (nSPS) is 12.2. The van der Waals surface area contributed by atoms with Crippen LogP contribution in [0.5, 0.6) is 0 Å². The van der Waals surface area contributed by atoms with Crippen molar-refractivity contribution >= 4 is 16.7 Å². The number of nitrogens with zero attached hydrogens (tertiary/aromatic N) is 2. The Hall–Kier alpha value is -1.84. The Kier molecular flexibility index (Phi) is 1.73. The summed E-state index contributed by atoms with van der Waals surface area (Å²) < 4.78 is 0. The molecule has 2 aromatic rings. The minimum atomic E-state index is 0.705. The van der Waals surface area contributed by atoms with Crippen molar-refractivity contribution in [3.8, 4) is 0 Å². The maximum atomic E-state index is 5.15. The topological polar surface area (TPSA) is 67.1 Å². The molecule has 4 heteroatoms. The molecular weight excluding hydrogens is 164 g/mol. The number of nitrogens with two attached hydrogens (primary N) is 1. The number of nitrogens with one attached hydrogen (secondary N) is 1. The van der Waals surface area contributed by atoms with E-state index in [2.05, 4.69) is 15.1 Å². The van der Waals surface area contributed by atoms with Crippen molar-refractivity contribution in [2.75, 3.05) is 0 Å². The molecule has 0 spiro atoms. The number of imidazole rings is 1. The summed E-state index contributed by atoms with van der Waals surface area (Å²) in [5.41, 5.74) is 2.64. The van der Waals surface area contributed by atoms with Gasteiger partial charge in [0.05, 0.1) is 16.7 Å². The summed E-state index contributed by atoms with van der Waals surface area (Å²) in [5, 5.41) is 3.58. The zero-order chi connectivity index (χ0) is 9.26. The van der Waals surface area contributed by atoms with Crippen LogP contribution < -0.4 is 5.84 Å². The summed E-state index contributed by atoms with van der Waals surface area (Å²) in [5.74, 6) is 5.88. The number of hydrogen-bond donors (Lipinski definition) is 2. The largest absolute Gasteiger partial charge is 0.337 e. The number of aromatic amines is 1. The smallest absolute Gasteiger partial charge is 0.154 e. The first-order chi connectivity index (χ1) is 6.31. The fourth-order valence-electron chi connectivity index (χ4n) is 1.19. The molecule has 1 heterocycles. The highest BCUT2D eigenvalue weighted by Crippen LogP contribution is 2.10. The molecule has 0 radical (unpaired) electrons. The lowest BCUT2D eigenvalue weighted by Crippen LogP contribution is -2.00. The molecule has 0 bridgehead atoms. The number of hydrazone groups is 1. The van der Waals surface area contributed by atoms with E-state index in [0.29, 0.717) is 5.71 Å². The van der Waals surface area contributed by atoms with Gasteiger partial charge in [0.1, 0.15) is 0 Å². The number of rotatable bonds is 1. The maximum Gasteiger partial charge on any atom is 0.154 e. The monoisotopic (exact) mass is 174 g/mol. The van der Waals surface area contributed by atoms with Crippen LogP contribution in [0.15, 0.2) is 29.4 Å². The Morgan fingerprint density at radius 3 is 2.92 bits per heavy atom. The van der Waals surface area contributed by atoms with Crippen molar-refractivity contribution < 1.29 is 0 Å². The molecule has 0 atom stereocenters. The molecule has 0 aliphatic carbocycles. The van der Waals surface area contributed by atoms with Gasteiger partial charge in [0.2, 0.25) is 0 Å². The highest BCUT2D eigenvalue weighted by Gasteiger charge is 2.03. The number of aromatic nitrogens is 2. The highest BCUT2D eigenvalue weighted by atomic mass is 15.1. The zero-order valence-corrected chi connectivity index (χ0v) is 7.28. The summed E-state index contributed by atoms with van der Waals surface area (Å²) in [7, 11) is 0. The number of hydrogen-bond acceptors (Lipinski definition) is 3. The summed E-state index contributed by atoms with van der Waals surface area (Å²) >= 11 is 0. The predicted molar refractivity (Wildman–Crippen MR) is 52.5 cm³/mol. The van der Waals surface area contributed by atoms with Gasteiger partial charge in [0.15, 0.2) is 5.82 Å². The predicted octanol–water partition coefficient (Wildman–Crippen LogP) is 1.25. The quantitative estimate of drug-likeness (QED) is 0.388. The van der Waals surface area contributed by atoms with Crippen LogP contribution in [0, 0.1) is 0 Å². The maximum absolute atomic E-state index is 5.15. The molecule has 3 N–H and O–H groups in total. The number of fused-ring (bicyclic) bond motifs is 1. The van der Waals surface area contributed by atoms with Gasteiger partial charge < -0.3 is 10.8 Å². The number of H-pyrrole nitrogens is 1. The third kappa shape index (κ3) is 1.26. The highest BCUT2D eigenvalue weighted by molar-refractivity contribution is 5.97. The lowest BCUT2D eigenvalue weighted by atomic mass is 10.3. The molecule has 1 aromatic carbocycles. The Bertz CT molecular complexity index is 422. The number of benzene rings is 1. The molecule has 0 amide bonds. The molecule has 0 fully saturated rings. The molecule has 0 aliphatic rings. The van der Waals surface area contributed by atoms with Crippen molar-refractivity contribution in [2.24, 2.45) is 10.9 Å². The molecule has 4 nitrogen and oxygen atoms in total. The average Bonchev–Trinajstić information content (AvgIpc) is 2.59. The van der Waals surface area contributed by atoms with Crippen LogP contribution in [0.2, 0.25) is 0 Å². The molecule has 0 saturated heterocycles. The van der Waals surface area contributed by atoms with Gasteiger partial charge in [-0.15, -0.1) is 0 Å². The Labute approximate surface area is 75.5 Å². The van der Waals surface area contributed by atoms with Crippen LogP contribution in [-0.4, -0.2) is 15.7 Å². The molecule has 0 aliphatic heterocycles. The fraction of sp³-hybridized carbons (Fsp3) is 0.111. The Balaban J connectivity index is 2.62. The van der Waals surface area contributed by atoms with E-state index in [-0.39, 0.29) is 0 Å². The molecule has 13 heavy (non-hydrogen) atoms. The minimum absolute atomic E-state index is 0.705. The lowest BCUT2D eigenvalue weighted by Gasteiger charge is -1.88. The second-order valence-corrected chi connectivity index (χ2v) is 2.82. The van der Waals surface area contributed by atoms with Crippen molar-refractivity contribution in [2.45, 2.75) is 6.92 Å². The van der Waals surface area contributed by atoms with E-state index in [1.54, 1.807) is 0 Å². The van der Waals surface area contributed by atoms with Crippen LogP contribution >= 0.6 is 0 Å². The van der Waals surface area contributed by atoms with Crippen LogP contribution in [0.25, 0.3) is 11.0 Å². The van der Waals surface area contributed by atoms with Gasteiger partial charge >= 0.3 is 0 Å². The number of para-hydroxylation sites is 2. The molecule has 0 unspecified atom stereocenters. The van der Waals surface area contributed by atoms with Gasteiger partial charge in [-0.1, -0.05) is 12.1 Å². The lowest BCUT2D eigenvalue weighted by molar-refractivity contribution is 1.19. The first-order valence-corrected chi connectivity index (χ1v) is 4.01. The van der Waals surface area contributed by atoms with E-state index in [0.717, 1.165) is 16.9 Å². The van der Waals surface area contributed by atoms with E-state index in [4.69, 9.17) is 5.84 Å². The van der Waals surface area contributed by atoms with Crippen LogP contribution in [0.3, 0.4) is 0 Å². The fourth-order valence-corrected chi connectivity index (χ4v) is 1.19. The van der Waals surface area contributed by atoms with Gasteiger partial charge in [-0.2, -0.15) is 5.10 Å². The van der Waals surface area contributed by atoms with E-state index >= 15 is 0 Å². The van der Waals surface area contributed by atoms with Crippen molar-refractivity contribution in [3.63, 3.8) is 0 Å². The van der Waals surface area contributed by atoms with Crippen LogP contribution in [0.1, 0.15) is 12.7 Å². The zero-order valence-electron chi connectivity index (χ0n) is 7.28. The van der Waals surface area contributed by atoms with E-state index in [1.807, 2.05) is 31.2 Å². The summed E-state index contributed by atoms with van der Waals surface area (Å²) in [6.07, 6.45) is 0. The average molecular weight is 174 g/mol. The molecule has 66 valence electrons. The van der Waals surface area contributed by atoms with Crippen LogP contribution in [0.4, 0.5) is 0 Å². The van der Waals surface area contributed by atoms with Gasteiger partial charge in [-0.25, -0.2) is 4.98 Å². The standard InChI is InChI=1S/C9H10N4/c1-6(13-10)9-11-7-4-2-3-5-8(7)12-9/h2-5H,10H2,1H3,(H,11,12)/b13-6+. The summed E-state index contributed by atoms with van der Waals surface area (Å²) in [6.45, 7) is 1.82. The Morgan fingerprint density at radius 1 is 1.46 bits per heavy atom. The van der Waals surface area contributed by atoms with Crippen molar-refractivity contribution in [1.82, 2.24) is 9.97 Å². The van der Waals surface area contributed by atoms with E-state index < -0.39 is 0 Å². The third-order valence-corrected chi connectivity index (χ3v) is 1.93. The SMILES string of the molecule is C/C(=N\N)c1nc2ccccc2[nH]1. The van der Waals surface area contributed by atoms with Crippen molar-refractivity contribution in [1.29, 1.82) is 0 Å². The molecular formula is C9H10N4. The Morgan fingerprint density at radius 2 is 2.23 bits per heavy atom. The second-order valence-electron chi connectivity index (χ2n) is 2.82.